The van der Waals surface area contributed by atoms with Crippen LogP contribution in [0.3, 0.4) is 0 Å². The molecule has 0 amide bonds. The van der Waals surface area contributed by atoms with Gasteiger partial charge in [-0.2, -0.15) is 0 Å². The zero-order chi connectivity index (χ0) is 14.5. The van der Waals surface area contributed by atoms with Crippen molar-refractivity contribution in [3.05, 3.63) is 53.3 Å². The van der Waals surface area contributed by atoms with Crippen LogP contribution in [0.15, 0.2) is 36.4 Å². The summed E-state index contributed by atoms with van der Waals surface area (Å²) in [5, 5.41) is 3.44. The minimum atomic E-state index is 0.174. The molecule has 4 heteroatoms. The highest BCUT2D eigenvalue weighted by Gasteiger charge is 2.13. The molecule has 0 aliphatic heterocycles. The summed E-state index contributed by atoms with van der Waals surface area (Å²) < 4.78 is 0. The number of aryl methyl sites for hydroxylation is 2. The lowest BCUT2D eigenvalue weighted by molar-refractivity contribution is 0.386. The summed E-state index contributed by atoms with van der Waals surface area (Å²) in [6.07, 6.45) is 0. The van der Waals surface area contributed by atoms with Crippen LogP contribution in [0.4, 0.5) is 5.95 Å². The molecule has 0 saturated heterocycles. The predicted molar refractivity (Wildman–Crippen MR) is 82.9 cm³/mol. The first kappa shape index (κ1) is 14.5. The SMILES string of the molecule is Cc1cc(C)nc(N[C@H](CN(C)C)c2ccccc2)n1. The molecule has 0 aliphatic rings. The maximum Gasteiger partial charge on any atom is 0.223 e. The van der Waals surface area contributed by atoms with Gasteiger partial charge in [0.2, 0.25) is 5.95 Å². The number of anilines is 1. The van der Waals surface area contributed by atoms with E-state index in [0.29, 0.717) is 5.95 Å². The number of aromatic nitrogens is 2. The zero-order valence-corrected chi connectivity index (χ0v) is 12.6. The third kappa shape index (κ3) is 4.03. The standard InChI is InChI=1S/C16H22N4/c1-12-10-13(2)18-16(17-12)19-15(11-20(3)4)14-8-6-5-7-9-14/h5-10,15H,11H2,1-4H3,(H,17,18,19)/t15-/m1/s1. The van der Waals surface area contributed by atoms with E-state index in [-0.39, 0.29) is 6.04 Å². The molecule has 0 radical (unpaired) electrons. The van der Waals surface area contributed by atoms with Crippen molar-refractivity contribution in [1.82, 2.24) is 14.9 Å². The van der Waals surface area contributed by atoms with Gasteiger partial charge in [0.25, 0.3) is 0 Å². The van der Waals surface area contributed by atoms with E-state index in [1.54, 1.807) is 0 Å². The second-order valence-corrected chi connectivity index (χ2v) is 5.34. The molecule has 0 spiro atoms. The predicted octanol–water partition coefficient (Wildman–Crippen LogP) is 2.81. The molecule has 1 N–H and O–H groups in total. The molecule has 20 heavy (non-hydrogen) atoms. The van der Waals surface area contributed by atoms with Crippen LogP contribution in [0.1, 0.15) is 23.0 Å². The molecule has 1 atom stereocenters. The van der Waals surface area contributed by atoms with Gasteiger partial charge < -0.3 is 10.2 Å². The Kier molecular flexibility index (Phi) is 4.69. The van der Waals surface area contributed by atoms with E-state index in [2.05, 4.69) is 58.5 Å². The Labute approximate surface area is 120 Å². The first-order valence-electron chi connectivity index (χ1n) is 6.83. The largest absolute Gasteiger partial charge is 0.346 e. The molecule has 0 saturated carbocycles. The molecule has 106 valence electrons. The monoisotopic (exact) mass is 270 g/mol. The number of benzene rings is 1. The van der Waals surface area contributed by atoms with Gasteiger partial charge in [0.05, 0.1) is 6.04 Å². The average molecular weight is 270 g/mol. The summed E-state index contributed by atoms with van der Waals surface area (Å²) in [4.78, 5) is 11.1. The first-order valence-corrected chi connectivity index (χ1v) is 6.83. The van der Waals surface area contributed by atoms with Crippen molar-refractivity contribution in [2.45, 2.75) is 19.9 Å². The van der Waals surface area contributed by atoms with E-state index in [4.69, 9.17) is 0 Å². The van der Waals surface area contributed by atoms with Crippen LogP contribution in [-0.4, -0.2) is 35.5 Å². The second kappa shape index (κ2) is 6.48. The van der Waals surface area contributed by atoms with Gasteiger partial charge in [0, 0.05) is 17.9 Å². The maximum absolute atomic E-state index is 4.47. The van der Waals surface area contributed by atoms with Crippen LogP contribution in [0, 0.1) is 13.8 Å². The minimum Gasteiger partial charge on any atom is -0.346 e. The van der Waals surface area contributed by atoms with Gasteiger partial charge >= 0.3 is 0 Å². The molecule has 0 fully saturated rings. The van der Waals surface area contributed by atoms with E-state index >= 15 is 0 Å². The topological polar surface area (TPSA) is 41.1 Å². The Hall–Kier alpha value is -1.94. The van der Waals surface area contributed by atoms with Crippen molar-refractivity contribution in [3.8, 4) is 0 Å². The van der Waals surface area contributed by atoms with Gasteiger partial charge in [0.15, 0.2) is 0 Å². The molecule has 1 aromatic carbocycles. The number of likely N-dealkylation sites (N-methyl/N-ethyl adjacent to an activating group) is 1. The fourth-order valence-electron chi connectivity index (χ4n) is 2.23. The highest BCUT2D eigenvalue weighted by Crippen LogP contribution is 2.18. The number of hydrogen-bond acceptors (Lipinski definition) is 4. The Bertz CT molecular complexity index is 531. The minimum absolute atomic E-state index is 0.174. The number of nitrogens with zero attached hydrogens (tertiary/aromatic N) is 3. The summed E-state index contributed by atoms with van der Waals surface area (Å²) in [5.41, 5.74) is 3.21. The summed E-state index contributed by atoms with van der Waals surface area (Å²) in [5.74, 6) is 0.693. The van der Waals surface area contributed by atoms with E-state index < -0.39 is 0 Å². The van der Waals surface area contributed by atoms with Crippen molar-refractivity contribution < 1.29 is 0 Å². The summed E-state index contributed by atoms with van der Waals surface area (Å²) in [7, 11) is 4.14. The van der Waals surface area contributed by atoms with Gasteiger partial charge in [-0.1, -0.05) is 30.3 Å². The van der Waals surface area contributed by atoms with Crippen LogP contribution in [-0.2, 0) is 0 Å². The fraction of sp³-hybridized carbons (Fsp3) is 0.375. The summed E-state index contributed by atoms with van der Waals surface area (Å²) in [6.45, 7) is 4.87. The Morgan fingerprint density at radius 2 is 1.65 bits per heavy atom. The lowest BCUT2D eigenvalue weighted by Crippen LogP contribution is -2.26. The summed E-state index contributed by atoms with van der Waals surface area (Å²) in [6, 6.07) is 12.6. The number of nitrogens with one attached hydrogen (secondary N) is 1. The van der Waals surface area contributed by atoms with E-state index in [1.807, 2.05) is 26.0 Å². The van der Waals surface area contributed by atoms with Crippen LogP contribution in [0.2, 0.25) is 0 Å². The summed E-state index contributed by atoms with van der Waals surface area (Å²) >= 11 is 0. The third-order valence-electron chi connectivity index (χ3n) is 3.04. The van der Waals surface area contributed by atoms with Crippen molar-refractivity contribution in [3.63, 3.8) is 0 Å². The Morgan fingerprint density at radius 1 is 1.05 bits per heavy atom. The van der Waals surface area contributed by atoms with E-state index in [0.717, 1.165) is 17.9 Å². The molecular formula is C16H22N4. The highest BCUT2D eigenvalue weighted by molar-refractivity contribution is 5.34. The van der Waals surface area contributed by atoms with Gasteiger partial charge in [0.1, 0.15) is 0 Å². The fourth-order valence-corrected chi connectivity index (χ4v) is 2.23. The molecule has 1 heterocycles. The van der Waals surface area contributed by atoms with Crippen molar-refractivity contribution in [1.29, 1.82) is 0 Å². The molecule has 4 nitrogen and oxygen atoms in total. The zero-order valence-electron chi connectivity index (χ0n) is 12.6. The average Bonchev–Trinajstić information content (AvgIpc) is 2.37. The quantitative estimate of drug-likeness (QED) is 0.907. The van der Waals surface area contributed by atoms with E-state index in [1.165, 1.54) is 5.56 Å². The highest BCUT2D eigenvalue weighted by atomic mass is 15.2. The first-order chi connectivity index (χ1) is 9.54. The van der Waals surface area contributed by atoms with Crippen molar-refractivity contribution in [2.75, 3.05) is 26.0 Å². The van der Waals surface area contributed by atoms with Crippen LogP contribution in [0.5, 0.6) is 0 Å². The molecule has 0 aliphatic carbocycles. The van der Waals surface area contributed by atoms with E-state index in [9.17, 15) is 0 Å². The number of hydrogen-bond donors (Lipinski definition) is 1. The Balaban J connectivity index is 2.23. The van der Waals surface area contributed by atoms with Crippen LogP contribution >= 0.6 is 0 Å². The second-order valence-electron chi connectivity index (χ2n) is 5.34. The van der Waals surface area contributed by atoms with Gasteiger partial charge in [-0.3, -0.25) is 0 Å². The van der Waals surface area contributed by atoms with Crippen molar-refractivity contribution in [2.24, 2.45) is 0 Å². The molecule has 2 aromatic rings. The molecule has 0 bridgehead atoms. The lowest BCUT2D eigenvalue weighted by Gasteiger charge is -2.23. The maximum atomic E-state index is 4.47. The smallest absolute Gasteiger partial charge is 0.223 e. The lowest BCUT2D eigenvalue weighted by atomic mass is 10.1. The van der Waals surface area contributed by atoms with Crippen molar-refractivity contribution >= 4 is 5.95 Å². The van der Waals surface area contributed by atoms with Gasteiger partial charge in [-0.25, -0.2) is 9.97 Å². The number of rotatable bonds is 5. The van der Waals surface area contributed by atoms with Crippen LogP contribution < -0.4 is 5.32 Å². The molecular weight excluding hydrogens is 248 g/mol. The normalized spacial score (nSPS) is 12.4. The van der Waals surface area contributed by atoms with Crippen LogP contribution in [0.25, 0.3) is 0 Å². The third-order valence-corrected chi connectivity index (χ3v) is 3.04. The molecule has 2 rings (SSSR count). The Morgan fingerprint density at radius 3 is 2.20 bits per heavy atom. The van der Waals surface area contributed by atoms with Gasteiger partial charge in [-0.05, 0) is 39.6 Å². The molecule has 1 aromatic heterocycles. The molecule has 0 unspecified atom stereocenters. The van der Waals surface area contributed by atoms with Gasteiger partial charge in [-0.15, -0.1) is 0 Å².